The van der Waals surface area contributed by atoms with Gasteiger partial charge in [-0.1, -0.05) is 0 Å². The van der Waals surface area contributed by atoms with Crippen molar-refractivity contribution in [2.75, 3.05) is 33.9 Å². The van der Waals surface area contributed by atoms with E-state index in [9.17, 15) is 8.42 Å². The maximum atomic E-state index is 12.7. The summed E-state index contributed by atoms with van der Waals surface area (Å²) in [7, 11) is 0.471. The van der Waals surface area contributed by atoms with Crippen molar-refractivity contribution in [2.45, 2.75) is 42.2 Å². The minimum absolute atomic E-state index is 0.129. The lowest BCUT2D eigenvalue weighted by Crippen LogP contribution is -2.53. The van der Waals surface area contributed by atoms with Gasteiger partial charge in [-0.3, -0.25) is 9.88 Å². The molecule has 0 saturated carbocycles. The van der Waals surface area contributed by atoms with E-state index in [1.807, 2.05) is 0 Å². The van der Waals surface area contributed by atoms with Gasteiger partial charge in [-0.05, 0) is 44.9 Å². The molecule has 23 heavy (non-hydrogen) atoms. The summed E-state index contributed by atoms with van der Waals surface area (Å²) >= 11 is 0. The molecule has 1 unspecified atom stereocenters. The lowest BCUT2D eigenvalue weighted by molar-refractivity contribution is 0.0454. The second kappa shape index (κ2) is 6.47. The van der Waals surface area contributed by atoms with Crippen molar-refractivity contribution in [3.8, 4) is 0 Å². The van der Waals surface area contributed by atoms with E-state index in [-0.39, 0.29) is 10.4 Å². The molecule has 1 aromatic heterocycles. The van der Waals surface area contributed by atoms with E-state index in [0.717, 1.165) is 32.3 Å². The van der Waals surface area contributed by atoms with Gasteiger partial charge < -0.3 is 4.74 Å². The van der Waals surface area contributed by atoms with Gasteiger partial charge in [0.05, 0.1) is 6.61 Å². The number of likely N-dealkylation sites (tertiary alicyclic amines) is 1. The van der Waals surface area contributed by atoms with Gasteiger partial charge >= 0.3 is 0 Å². The molecule has 3 heterocycles. The number of aromatic nitrogens is 1. The maximum Gasteiger partial charge on any atom is 0.244 e. The smallest absolute Gasteiger partial charge is 0.244 e. The predicted octanol–water partition coefficient (Wildman–Crippen LogP) is 1.35. The molecule has 3 rings (SSSR count). The highest BCUT2D eigenvalue weighted by atomic mass is 32.2. The molecule has 1 atom stereocenters. The van der Waals surface area contributed by atoms with Crippen LogP contribution in [0.5, 0.6) is 0 Å². The number of ether oxygens (including phenoxy) is 1. The Morgan fingerprint density at radius 1 is 1.35 bits per heavy atom. The lowest BCUT2D eigenvalue weighted by Gasteiger charge is -2.44. The molecule has 1 spiro atoms. The first-order valence-electron chi connectivity index (χ1n) is 8.12. The second-order valence-corrected chi connectivity index (χ2v) is 8.51. The normalized spacial score (nSPS) is 25.9. The number of likely N-dealkylation sites (N-methyl/N-ethyl adjacent to an activating group) is 1. The molecule has 1 aromatic rings. The van der Waals surface area contributed by atoms with Gasteiger partial charge in [0, 0.05) is 44.2 Å². The Morgan fingerprint density at radius 3 is 2.70 bits per heavy atom. The van der Waals surface area contributed by atoms with Crippen molar-refractivity contribution >= 4 is 10.0 Å². The van der Waals surface area contributed by atoms with Crippen molar-refractivity contribution in [2.24, 2.45) is 0 Å². The van der Waals surface area contributed by atoms with Crippen LogP contribution in [0.2, 0.25) is 0 Å². The number of pyridine rings is 1. The Bertz CT molecular complexity index is 627. The Hall–Kier alpha value is -1.02. The molecule has 2 aliphatic rings. The number of piperidine rings is 1. The molecule has 128 valence electrons. The van der Waals surface area contributed by atoms with Gasteiger partial charge in [0.25, 0.3) is 0 Å². The Labute approximate surface area is 138 Å². The zero-order valence-electron chi connectivity index (χ0n) is 13.8. The molecule has 0 amide bonds. The first kappa shape index (κ1) is 16.8. The summed E-state index contributed by atoms with van der Waals surface area (Å²) < 4.78 is 32.3. The Morgan fingerprint density at radius 2 is 2.09 bits per heavy atom. The van der Waals surface area contributed by atoms with Crippen molar-refractivity contribution in [3.05, 3.63) is 24.5 Å². The zero-order valence-corrected chi connectivity index (χ0v) is 14.6. The molecular weight excluding hydrogens is 314 g/mol. The van der Waals surface area contributed by atoms with E-state index < -0.39 is 10.0 Å². The van der Waals surface area contributed by atoms with Crippen LogP contribution >= 0.6 is 0 Å². The minimum atomic E-state index is -3.42. The first-order chi connectivity index (χ1) is 11.0. The highest BCUT2D eigenvalue weighted by Crippen LogP contribution is 2.41. The summed E-state index contributed by atoms with van der Waals surface area (Å²) in [6.07, 6.45) is 7.02. The third-order valence-electron chi connectivity index (χ3n) is 5.52. The first-order valence-corrected chi connectivity index (χ1v) is 9.56. The van der Waals surface area contributed by atoms with Gasteiger partial charge in [-0.25, -0.2) is 8.42 Å². The van der Waals surface area contributed by atoms with E-state index in [1.54, 1.807) is 29.7 Å². The quantitative estimate of drug-likeness (QED) is 0.828. The summed E-state index contributed by atoms with van der Waals surface area (Å²) in [6, 6.07) is 3.73. The molecule has 0 radical (unpaired) electrons. The predicted molar refractivity (Wildman–Crippen MR) is 87.6 cm³/mol. The van der Waals surface area contributed by atoms with E-state index >= 15 is 0 Å². The van der Waals surface area contributed by atoms with Gasteiger partial charge in [0.2, 0.25) is 10.0 Å². The number of sulfonamides is 1. The molecule has 2 fully saturated rings. The van der Waals surface area contributed by atoms with E-state index in [2.05, 4.69) is 16.9 Å². The number of nitrogens with zero attached hydrogens (tertiary/aromatic N) is 3. The SMILES string of the molecule is COCC1CCC2(CCN(S(=O)(=O)c3cccnc3)CC2)N1C. The van der Waals surface area contributed by atoms with Crippen molar-refractivity contribution in [3.63, 3.8) is 0 Å². The molecule has 6 nitrogen and oxygen atoms in total. The number of methoxy groups -OCH3 is 1. The molecule has 0 aromatic carbocycles. The number of hydrogen-bond acceptors (Lipinski definition) is 5. The van der Waals surface area contributed by atoms with Crippen LogP contribution in [0.25, 0.3) is 0 Å². The summed E-state index contributed by atoms with van der Waals surface area (Å²) in [5.74, 6) is 0. The highest BCUT2D eigenvalue weighted by Gasteiger charge is 2.47. The fourth-order valence-corrected chi connectivity index (χ4v) is 5.38. The van der Waals surface area contributed by atoms with Crippen LogP contribution in [-0.4, -0.2) is 68.0 Å². The van der Waals surface area contributed by atoms with Crippen LogP contribution in [0.1, 0.15) is 25.7 Å². The van der Waals surface area contributed by atoms with Crippen LogP contribution in [-0.2, 0) is 14.8 Å². The van der Waals surface area contributed by atoms with Crippen LogP contribution in [0, 0.1) is 0 Å². The monoisotopic (exact) mass is 339 g/mol. The van der Waals surface area contributed by atoms with Crippen LogP contribution in [0.3, 0.4) is 0 Å². The summed E-state index contributed by atoms with van der Waals surface area (Å²) in [6.45, 7) is 1.89. The molecule has 2 saturated heterocycles. The van der Waals surface area contributed by atoms with E-state index in [1.165, 1.54) is 6.20 Å². The number of rotatable bonds is 4. The van der Waals surface area contributed by atoms with Gasteiger partial charge in [0.1, 0.15) is 4.90 Å². The fraction of sp³-hybridized carbons (Fsp3) is 0.688. The molecular formula is C16H25N3O3S. The average molecular weight is 339 g/mol. The Balaban J connectivity index is 1.70. The molecule has 7 heteroatoms. The summed E-state index contributed by atoms with van der Waals surface area (Å²) in [4.78, 5) is 6.64. The van der Waals surface area contributed by atoms with E-state index in [0.29, 0.717) is 19.1 Å². The largest absolute Gasteiger partial charge is 0.383 e. The van der Waals surface area contributed by atoms with Crippen molar-refractivity contribution in [1.82, 2.24) is 14.2 Å². The maximum absolute atomic E-state index is 12.7. The Kier molecular flexibility index (Phi) is 4.73. The standard InChI is InChI=1S/C16H25N3O3S/c1-18-14(13-22-2)5-6-16(18)7-10-19(11-8-16)23(20,21)15-4-3-9-17-12-15/h3-4,9,12,14H,5-8,10-11,13H2,1-2H3. The van der Waals surface area contributed by atoms with Crippen molar-refractivity contribution < 1.29 is 13.2 Å². The van der Waals surface area contributed by atoms with Gasteiger partial charge in [-0.15, -0.1) is 0 Å². The molecule has 0 aliphatic carbocycles. The van der Waals surface area contributed by atoms with Crippen LogP contribution < -0.4 is 0 Å². The third-order valence-corrected chi connectivity index (χ3v) is 7.41. The second-order valence-electron chi connectivity index (χ2n) is 6.58. The topological polar surface area (TPSA) is 62.7 Å². The third kappa shape index (κ3) is 3.03. The molecule has 0 bridgehead atoms. The van der Waals surface area contributed by atoms with Gasteiger partial charge in [0.15, 0.2) is 0 Å². The average Bonchev–Trinajstić information content (AvgIpc) is 2.86. The minimum Gasteiger partial charge on any atom is -0.383 e. The highest BCUT2D eigenvalue weighted by molar-refractivity contribution is 7.89. The van der Waals surface area contributed by atoms with Crippen LogP contribution in [0.4, 0.5) is 0 Å². The fourth-order valence-electron chi connectivity index (χ4n) is 3.97. The molecule has 2 aliphatic heterocycles. The lowest BCUT2D eigenvalue weighted by atomic mass is 9.86. The molecule has 0 N–H and O–H groups in total. The van der Waals surface area contributed by atoms with E-state index in [4.69, 9.17) is 4.74 Å². The van der Waals surface area contributed by atoms with Crippen molar-refractivity contribution in [1.29, 1.82) is 0 Å². The summed E-state index contributed by atoms with van der Waals surface area (Å²) in [5.41, 5.74) is 0.129. The zero-order chi connectivity index (χ0) is 16.5. The summed E-state index contributed by atoms with van der Waals surface area (Å²) in [5, 5.41) is 0. The number of hydrogen-bond donors (Lipinski definition) is 0. The van der Waals surface area contributed by atoms with Crippen LogP contribution in [0.15, 0.2) is 29.4 Å². The van der Waals surface area contributed by atoms with Gasteiger partial charge in [-0.2, -0.15) is 4.31 Å².